The molecule has 0 spiro atoms. The van der Waals surface area contributed by atoms with Gasteiger partial charge in [0.25, 0.3) is 0 Å². The van der Waals surface area contributed by atoms with Crippen molar-refractivity contribution in [2.75, 3.05) is 26.4 Å². The van der Waals surface area contributed by atoms with Crippen LogP contribution in [-0.4, -0.2) is 47.5 Å². The smallest absolute Gasteiger partial charge is 0.242 e. The minimum Gasteiger partial charge on any atom is -0.456 e. The predicted octanol–water partition coefficient (Wildman–Crippen LogP) is 2.74. The highest BCUT2D eigenvalue weighted by Gasteiger charge is 2.22. The van der Waals surface area contributed by atoms with Gasteiger partial charge in [0.2, 0.25) is 10.0 Å². The van der Waals surface area contributed by atoms with E-state index in [0.717, 1.165) is 10.4 Å². The van der Waals surface area contributed by atoms with Crippen LogP contribution in [-0.2, 0) is 19.9 Å². The maximum atomic E-state index is 13.7. The SMILES string of the molecule is CN(C)S(=O)(=O)c1ccc(Oc2ccccc2S(=O)(=O)CC(F)=CCN)cc1.Cl. The fourth-order valence-corrected chi connectivity index (χ4v) is 4.50. The average molecular weight is 465 g/mol. The van der Waals surface area contributed by atoms with Gasteiger partial charge in [-0.15, -0.1) is 12.4 Å². The van der Waals surface area contributed by atoms with Crippen LogP contribution in [0.3, 0.4) is 0 Å². The Morgan fingerprint density at radius 1 is 1.07 bits per heavy atom. The Hall–Kier alpha value is -1.98. The molecule has 0 fully saturated rings. The van der Waals surface area contributed by atoms with Crippen molar-refractivity contribution in [1.29, 1.82) is 0 Å². The summed E-state index contributed by atoms with van der Waals surface area (Å²) in [6.45, 7) is -0.109. The summed E-state index contributed by atoms with van der Waals surface area (Å²) >= 11 is 0. The molecule has 2 aromatic rings. The zero-order valence-corrected chi connectivity index (χ0v) is 18.2. The number of halogens is 2. The summed E-state index contributed by atoms with van der Waals surface area (Å²) in [5.41, 5.74) is 5.20. The quantitative estimate of drug-likeness (QED) is 0.643. The molecule has 0 aliphatic rings. The zero-order valence-electron chi connectivity index (χ0n) is 15.8. The third-order valence-electron chi connectivity index (χ3n) is 3.68. The van der Waals surface area contributed by atoms with Gasteiger partial charge >= 0.3 is 0 Å². The molecule has 0 saturated carbocycles. The van der Waals surface area contributed by atoms with E-state index in [4.69, 9.17) is 10.5 Å². The highest BCUT2D eigenvalue weighted by Crippen LogP contribution is 2.31. The number of ether oxygens (including phenoxy) is 1. The molecule has 11 heteroatoms. The maximum absolute atomic E-state index is 13.7. The van der Waals surface area contributed by atoms with Crippen molar-refractivity contribution in [3.63, 3.8) is 0 Å². The summed E-state index contributed by atoms with van der Waals surface area (Å²) < 4.78 is 69.6. The number of nitrogens with zero attached hydrogens (tertiary/aromatic N) is 1. The van der Waals surface area contributed by atoms with Gasteiger partial charge in [-0.1, -0.05) is 12.1 Å². The molecular formula is C18H22ClFN2O5S2. The topological polar surface area (TPSA) is 107 Å². The minimum absolute atomic E-state index is 0. The van der Waals surface area contributed by atoms with Crippen molar-refractivity contribution in [3.8, 4) is 11.5 Å². The minimum atomic E-state index is -4.00. The number of nitrogens with two attached hydrogens (primary N) is 1. The van der Waals surface area contributed by atoms with Crippen LogP contribution in [0, 0.1) is 0 Å². The fraction of sp³-hybridized carbons (Fsp3) is 0.222. The number of sulfone groups is 1. The number of para-hydroxylation sites is 1. The second-order valence-electron chi connectivity index (χ2n) is 5.95. The maximum Gasteiger partial charge on any atom is 0.242 e. The molecule has 0 amide bonds. The lowest BCUT2D eigenvalue weighted by Gasteiger charge is -2.13. The molecule has 0 radical (unpaired) electrons. The molecule has 0 heterocycles. The molecule has 2 aromatic carbocycles. The molecule has 0 aliphatic carbocycles. The molecule has 0 atom stereocenters. The highest BCUT2D eigenvalue weighted by atomic mass is 35.5. The standard InChI is InChI=1S/C18H21FN2O5S2.ClH/c1-21(2)28(24,25)16-9-7-15(8-10-16)26-17-5-3-4-6-18(17)27(22,23)13-14(19)11-12-20;/h3-11H,12-13,20H2,1-2H3;1H. The van der Waals surface area contributed by atoms with Crippen LogP contribution in [0.25, 0.3) is 0 Å². The van der Waals surface area contributed by atoms with E-state index >= 15 is 0 Å². The molecule has 0 unspecified atom stereocenters. The summed E-state index contributed by atoms with van der Waals surface area (Å²) in [4.78, 5) is -0.111. The molecule has 0 bridgehead atoms. The van der Waals surface area contributed by atoms with Gasteiger partial charge in [-0.05, 0) is 42.5 Å². The van der Waals surface area contributed by atoms with E-state index in [9.17, 15) is 21.2 Å². The van der Waals surface area contributed by atoms with E-state index < -0.39 is 31.4 Å². The van der Waals surface area contributed by atoms with Crippen LogP contribution in [0.4, 0.5) is 4.39 Å². The van der Waals surface area contributed by atoms with Crippen LogP contribution in [0.5, 0.6) is 11.5 Å². The first kappa shape index (κ1) is 25.1. The van der Waals surface area contributed by atoms with E-state index in [1.54, 1.807) is 6.07 Å². The molecule has 0 aliphatic heterocycles. The first-order valence-corrected chi connectivity index (χ1v) is 11.2. The Balaban J connectivity index is 0.00000420. The molecule has 160 valence electrons. The monoisotopic (exact) mass is 464 g/mol. The van der Waals surface area contributed by atoms with E-state index in [1.807, 2.05) is 0 Å². The van der Waals surface area contributed by atoms with Gasteiger partial charge in [-0.2, -0.15) is 0 Å². The van der Waals surface area contributed by atoms with Gasteiger partial charge < -0.3 is 10.5 Å². The normalized spacial score (nSPS) is 12.5. The van der Waals surface area contributed by atoms with Crippen LogP contribution in [0.2, 0.25) is 0 Å². The van der Waals surface area contributed by atoms with E-state index in [1.165, 1.54) is 56.6 Å². The second kappa shape index (κ2) is 10.2. The Morgan fingerprint density at radius 2 is 1.66 bits per heavy atom. The first-order chi connectivity index (χ1) is 13.1. The van der Waals surface area contributed by atoms with Crippen molar-refractivity contribution in [1.82, 2.24) is 4.31 Å². The summed E-state index contributed by atoms with van der Waals surface area (Å²) in [5.74, 6) is -1.44. The molecule has 29 heavy (non-hydrogen) atoms. The molecule has 0 saturated heterocycles. The van der Waals surface area contributed by atoms with Crippen LogP contribution in [0.15, 0.2) is 70.2 Å². The lowest BCUT2D eigenvalue weighted by molar-refractivity contribution is 0.466. The zero-order chi connectivity index (χ0) is 20.9. The number of sulfonamides is 1. The van der Waals surface area contributed by atoms with Crippen molar-refractivity contribution in [2.45, 2.75) is 9.79 Å². The van der Waals surface area contributed by atoms with E-state index in [0.29, 0.717) is 0 Å². The Kier molecular flexibility index (Phi) is 8.79. The van der Waals surface area contributed by atoms with Crippen molar-refractivity contribution in [2.24, 2.45) is 5.73 Å². The van der Waals surface area contributed by atoms with Crippen LogP contribution < -0.4 is 10.5 Å². The lowest BCUT2D eigenvalue weighted by atomic mass is 10.3. The third-order valence-corrected chi connectivity index (χ3v) is 7.17. The van der Waals surface area contributed by atoms with Crippen LogP contribution >= 0.6 is 12.4 Å². The average Bonchev–Trinajstić information content (AvgIpc) is 2.62. The summed E-state index contributed by atoms with van der Waals surface area (Å²) in [6.07, 6.45) is 0.991. The van der Waals surface area contributed by atoms with Crippen molar-refractivity contribution < 1.29 is 26.0 Å². The number of hydrogen-bond acceptors (Lipinski definition) is 6. The Bertz CT molecular complexity index is 1070. The molecule has 0 aromatic heterocycles. The largest absolute Gasteiger partial charge is 0.456 e. The molecule has 7 nitrogen and oxygen atoms in total. The molecule has 2 N–H and O–H groups in total. The molecule has 2 rings (SSSR count). The first-order valence-electron chi connectivity index (χ1n) is 8.15. The number of benzene rings is 2. The van der Waals surface area contributed by atoms with Gasteiger partial charge in [-0.25, -0.2) is 25.5 Å². The van der Waals surface area contributed by atoms with E-state index in [-0.39, 0.29) is 40.2 Å². The van der Waals surface area contributed by atoms with Crippen LogP contribution in [0.1, 0.15) is 0 Å². The van der Waals surface area contributed by atoms with Gasteiger partial charge in [0.15, 0.2) is 9.84 Å². The Labute approximate surface area is 176 Å². The summed E-state index contributed by atoms with van der Waals surface area (Å²) in [6, 6.07) is 11.3. The second-order valence-corrected chi connectivity index (χ2v) is 10.1. The third kappa shape index (κ3) is 6.25. The van der Waals surface area contributed by atoms with Crippen molar-refractivity contribution >= 4 is 32.3 Å². The lowest BCUT2D eigenvalue weighted by Crippen LogP contribution is -2.22. The summed E-state index contributed by atoms with van der Waals surface area (Å²) in [5, 5.41) is 0. The van der Waals surface area contributed by atoms with E-state index in [2.05, 4.69) is 0 Å². The number of rotatable bonds is 8. The number of hydrogen-bond donors (Lipinski definition) is 1. The Morgan fingerprint density at radius 3 is 2.21 bits per heavy atom. The summed E-state index contributed by atoms with van der Waals surface area (Å²) in [7, 11) is -4.76. The van der Waals surface area contributed by atoms with Gasteiger partial charge in [-0.3, -0.25) is 0 Å². The van der Waals surface area contributed by atoms with Gasteiger partial charge in [0, 0.05) is 20.6 Å². The van der Waals surface area contributed by atoms with Crippen molar-refractivity contribution in [3.05, 3.63) is 60.4 Å². The fourth-order valence-electron chi connectivity index (χ4n) is 2.25. The highest BCUT2D eigenvalue weighted by molar-refractivity contribution is 7.91. The molecular weight excluding hydrogens is 443 g/mol. The predicted molar refractivity (Wildman–Crippen MR) is 111 cm³/mol. The van der Waals surface area contributed by atoms with Gasteiger partial charge in [0.1, 0.15) is 28.0 Å². The van der Waals surface area contributed by atoms with Gasteiger partial charge in [0.05, 0.1) is 4.90 Å².